The highest BCUT2D eigenvalue weighted by molar-refractivity contribution is 7.86. The Morgan fingerprint density at radius 2 is 1.29 bits per heavy atom. The van der Waals surface area contributed by atoms with Crippen molar-refractivity contribution in [1.82, 2.24) is 0 Å². The standard InChI is InChI=1S/C23H24O4S/c1-15(18-10-6-4-7-11-18)20-14-21(28(25,26)27)23(24)22(17(20)3)16(2)19-12-8-5-9-13-19/h4-16,24H,1-3H3,(H,25,26,27). The second-order valence-electron chi connectivity index (χ2n) is 7.09. The molecule has 3 rings (SSSR count). The highest BCUT2D eigenvalue weighted by atomic mass is 32.2. The summed E-state index contributed by atoms with van der Waals surface area (Å²) in [6.45, 7) is 5.79. The molecule has 0 aliphatic carbocycles. The molecule has 3 aromatic rings. The van der Waals surface area contributed by atoms with Crippen LogP contribution in [-0.4, -0.2) is 18.1 Å². The second kappa shape index (κ2) is 7.78. The summed E-state index contributed by atoms with van der Waals surface area (Å²) < 4.78 is 33.7. The molecular formula is C23H24O4S. The highest BCUT2D eigenvalue weighted by Crippen LogP contribution is 2.42. The van der Waals surface area contributed by atoms with Crippen LogP contribution in [0.4, 0.5) is 0 Å². The summed E-state index contributed by atoms with van der Waals surface area (Å²) in [7, 11) is -4.58. The van der Waals surface area contributed by atoms with Gasteiger partial charge in [-0.05, 0) is 35.2 Å². The molecule has 28 heavy (non-hydrogen) atoms. The Kier molecular flexibility index (Phi) is 5.59. The first kappa shape index (κ1) is 20.1. The zero-order valence-corrected chi connectivity index (χ0v) is 16.9. The molecule has 0 spiro atoms. The summed E-state index contributed by atoms with van der Waals surface area (Å²) in [6, 6.07) is 20.7. The van der Waals surface area contributed by atoms with Gasteiger partial charge in [0.1, 0.15) is 10.6 Å². The molecule has 3 aromatic carbocycles. The van der Waals surface area contributed by atoms with Gasteiger partial charge in [-0.3, -0.25) is 4.55 Å². The molecule has 0 aliphatic rings. The molecule has 0 bridgehead atoms. The van der Waals surface area contributed by atoms with Crippen molar-refractivity contribution in [3.63, 3.8) is 0 Å². The van der Waals surface area contributed by atoms with Crippen molar-refractivity contribution < 1.29 is 18.1 Å². The maximum atomic E-state index is 12.0. The smallest absolute Gasteiger partial charge is 0.298 e. The Morgan fingerprint density at radius 3 is 1.75 bits per heavy atom. The minimum atomic E-state index is -4.58. The minimum absolute atomic E-state index is 0.107. The summed E-state index contributed by atoms with van der Waals surface area (Å²) in [4.78, 5) is -0.450. The van der Waals surface area contributed by atoms with Crippen LogP contribution in [0.5, 0.6) is 5.75 Å². The molecule has 0 saturated heterocycles. The van der Waals surface area contributed by atoms with Gasteiger partial charge in [0.2, 0.25) is 0 Å². The number of rotatable bonds is 5. The topological polar surface area (TPSA) is 74.6 Å². The SMILES string of the molecule is Cc1c(C(C)c2ccccc2)cc(S(=O)(=O)O)c(O)c1C(C)c1ccccc1. The van der Waals surface area contributed by atoms with E-state index in [1.165, 1.54) is 6.07 Å². The monoisotopic (exact) mass is 396 g/mol. The van der Waals surface area contributed by atoms with Gasteiger partial charge in [-0.25, -0.2) is 0 Å². The third-order valence-corrected chi connectivity index (χ3v) is 6.26. The lowest BCUT2D eigenvalue weighted by Gasteiger charge is -2.24. The summed E-state index contributed by atoms with van der Waals surface area (Å²) >= 11 is 0. The lowest BCUT2D eigenvalue weighted by molar-refractivity contribution is 0.435. The van der Waals surface area contributed by atoms with E-state index in [9.17, 15) is 18.1 Å². The van der Waals surface area contributed by atoms with Gasteiger partial charge in [-0.15, -0.1) is 0 Å². The van der Waals surface area contributed by atoms with Crippen molar-refractivity contribution in [2.24, 2.45) is 0 Å². The fourth-order valence-corrected chi connectivity index (χ4v) is 4.42. The largest absolute Gasteiger partial charge is 0.506 e. The maximum absolute atomic E-state index is 12.0. The van der Waals surface area contributed by atoms with Gasteiger partial charge in [-0.1, -0.05) is 74.5 Å². The van der Waals surface area contributed by atoms with Crippen LogP contribution in [0.15, 0.2) is 71.6 Å². The van der Waals surface area contributed by atoms with Gasteiger partial charge >= 0.3 is 0 Å². The lowest BCUT2D eigenvalue weighted by atomic mass is 9.82. The second-order valence-corrected chi connectivity index (χ2v) is 8.48. The normalized spacial score (nSPS) is 13.9. The van der Waals surface area contributed by atoms with Gasteiger partial charge < -0.3 is 5.11 Å². The molecule has 2 unspecified atom stereocenters. The quantitative estimate of drug-likeness (QED) is 0.578. The van der Waals surface area contributed by atoms with Crippen LogP contribution in [-0.2, 0) is 10.1 Å². The summed E-state index contributed by atoms with van der Waals surface area (Å²) in [5.41, 5.74) is 4.06. The van der Waals surface area contributed by atoms with Gasteiger partial charge in [-0.2, -0.15) is 8.42 Å². The van der Waals surface area contributed by atoms with E-state index in [-0.39, 0.29) is 17.6 Å². The van der Waals surface area contributed by atoms with Gasteiger partial charge in [0.15, 0.2) is 0 Å². The van der Waals surface area contributed by atoms with Crippen molar-refractivity contribution in [1.29, 1.82) is 0 Å². The molecule has 0 fully saturated rings. The Bertz CT molecular complexity index is 1070. The van der Waals surface area contributed by atoms with Crippen molar-refractivity contribution in [2.45, 2.75) is 37.5 Å². The predicted octanol–water partition coefficient (Wildman–Crippen LogP) is 5.25. The first-order valence-electron chi connectivity index (χ1n) is 9.15. The molecule has 0 amide bonds. The Balaban J connectivity index is 2.27. The Labute approximate surface area is 166 Å². The molecule has 0 aliphatic heterocycles. The number of aromatic hydroxyl groups is 1. The summed E-state index contributed by atoms with van der Waals surface area (Å²) in [6.07, 6.45) is 0. The van der Waals surface area contributed by atoms with Crippen molar-refractivity contribution in [3.8, 4) is 5.75 Å². The van der Waals surface area contributed by atoms with E-state index in [0.717, 1.165) is 22.3 Å². The molecule has 4 nitrogen and oxygen atoms in total. The zero-order chi connectivity index (χ0) is 20.5. The fourth-order valence-electron chi connectivity index (χ4n) is 3.79. The Hall–Kier alpha value is -2.63. The third-order valence-electron chi connectivity index (χ3n) is 5.39. The van der Waals surface area contributed by atoms with E-state index in [0.29, 0.717) is 5.56 Å². The van der Waals surface area contributed by atoms with E-state index in [2.05, 4.69) is 0 Å². The summed E-state index contributed by atoms with van der Waals surface area (Å²) in [5.74, 6) is -0.742. The summed E-state index contributed by atoms with van der Waals surface area (Å²) in [5, 5.41) is 10.8. The molecule has 0 heterocycles. The minimum Gasteiger partial charge on any atom is -0.506 e. The zero-order valence-electron chi connectivity index (χ0n) is 16.1. The van der Waals surface area contributed by atoms with Crippen LogP contribution < -0.4 is 0 Å². The number of hydrogen-bond acceptors (Lipinski definition) is 3. The average molecular weight is 397 g/mol. The first-order valence-corrected chi connectivity index (χ1v) is 10.6. The van der Waals surface area contributed by atoms with E-state index in [1.807, 2.05) is 81.4 Å². The average Bonchev–Trinajstić information content (AvgIpc) is 2.68. The molecule has 0 saturated carbocycles. The van der Waals surface area contributed by atoms with Crippen LogP contribution in [0.1, 0.15) is 53.5 Å². The fraction of sp³-hybridized carbons (Fsp3) is 0.217. The number of phenolic OH excluding ortho intramolecular Hbond substituents is 1. The Morgan fingerprint density at radius 1 is 0.821 bits per heavy atom. The highest BCUT2D eigenvalue weighted by Gasteiger charge is 2.27. The van der Waals surface area contributed by atoms with E-state index in [4.69, 9.17) is 0 Å². The number of phenols is 1. The molecule has 0 radical (unpaired) electrons. The van der Waals surface area contributed by atoms with Gasteiger partial charge in [0.25, 0.3) is 10.1 Å². The van der Waals surface area contributed by atoms with Gasteiger partial charge in [0, 0.05) is 17.4 Å². The van der Waals surface area contributed by atoms with Crippen LogP contribution in [0.2, 0.25) is 0 Å². The number of hydrogen-bond donors (Lipinski definition) is 2. The molecule has 5 heteroatoms. The molecule has 2 N–H and O–H groups in total. The van der Waals surface area contributed by atoms with E-state index in [1.54, 1.807) is 0 Å². The van der Waals surface area contributed by atoms with Crippen molar-refractivity contribution in [3.05, 3.63) is 94.5 Å². The molecule has 0 aromatic heterocycles. The number of benzene rings is 3. The van der Waals surface area contributed by atoms with Gasteiger partial charge in [0.05, 0.1) is 0 Å². The van der Waals surface area contributed by atoms with Crippen LogP contribution in [0.25, 0.3) is 0 Å². The maximum Gasteiger partial charge on any atom is 0.298 e. The van der Waals surface area contributed by atoms with Crippen LogP contribution >= 0.6 is 0 Å². The lowest BCUT2D eigenvalue weighted by Crippen LogP contribution is -2.10. The van der Waals surface area contributed by atoms with Crippen molar-refractivity contribution in [2.75, 3.05) is 0 Å². The van der Waals surface area contributed by atoms with Crippen LogP contribution in [0.3, 0.4) is 0 Å². The first-order chi connectivity index (χ1) is 13.2. The van der Waals surface area contributed by atoms with E-state index >= 15 is 0 Å². The predicted molar refractivity (Wildman–Crippen MR) is 111 cm³/mol. The van der Waals surface area contributed by atoms with Crippen molar-refractivity contribution >= 4 is 10.1 Å². The third kappa shape index (κ3) is 3.81. The molecule has 146 valence electrons. The van der Waals surface area contributed by atoms with E-state index < -0.39 is 15.0 Å². The molecular weight excluding hydrogens is 372 g/mol. The van der Waals surface area contributed by atoms with Crippen LogP contribution in [0, 0.1) is 6.92 Å². The molecule has 2 atom stereocenters.